The fourth-order valence-electron chi connectivity index (χ4n) is 3.60. The lowest BCUT2D eigenvalue weighted by atomic mass is 9.94. The van der Waals surface area contributed by atoms with Crippen LogP contribution in [-0.2, 0) is 0 Å². The molecule has 32 heavy (non-hydrogen) atoms. The van der Waals surface area contributed by atoms with Gasteiger partial charge in [-0.3, -0.25) is 0 Å². The molecule has 2 aromatic rings. The summed E-state index contributed by atoms with van der Waals surface area (Å²) in [6.45, 7) is 0. The van der Waals surface area contributed by atoms with Gasteiger partial charge < -0.3 is 29.9 Å². The Bertz CT molecular complexity index is 989. The highest BCUT2D eigenvalue weighted by Gasteiger charge is 2.30. The van der Waals surface area contributed by atoms with Crippen molar-refractivity contribution in [2.45, 2.75) is 37.9 Å². The van der Waals surface area contributed by atoms with Crippen molar-refractivity contribution in [3.63, 3.8) is 0 Å². The van der Waals surface area contributed by atoms with Crippen molar-refractivity contribution in [3.8, 4) is 11.5 Å². The summed E-state index contributed by atoms with van der Waals surface area (Å²) >= 11 is 0. The standard InChI is InChI=1S/C22H20O10/c23-19(24)13-7-5-11(9-15(13)21(27)28)31-17-3-1-2-4-18(17)32-12-6-8-14(20(25)26)16(10-12)22(29)30/h5-10,17-18H,1-4H2,(H,23,24)(H,25,26)(H,27,28)(H,29,30). The molecule has 3 rings (SSSR count). The molecule has 0 amide bonds. The molecule has 2 unspecified atom stereocenters. The molecule has 0 radical (unpaired) electrons. The molecule has 1 saturated carbocycles. The molecule has 0 bridgehead atoms. The van der Waals surface area contributed by atoms with Crippen LogP contribution in [0.2, 0.25) is 0 Å². The zero-order valence-electron chi connectivity index (χ0n) is 16.7. The number of aromatic carboxylic acids is 4. The Morgan fingerprint density at radius 1 is 0.594 bits per heavy atom. The second-order valence-corrected chi connectivity index (χ2v) is 7.23. The van der Waals surface area contributed by atoms with E-state index >= 15 is 0 Å². The summed E-state index contributed by atoms with van der Waals surface area (Å²) in [7, 11) is 0. The maximum absolute atomic E-state index is 11.4. The highest BCUT2D eigenvalue weighted by atomic mass is 16.5. The summed E-state index contributed by atoms with van der Waals surface area (Å²) in [4.78, 5) is 45.3. The van der Waals surface area contributed by atoms with Gasteiger partial charge in [-0.1, -0.05) is 0 Å². The molecular formula is C22H20O10. The molecule has 0 spiro atoms. The van der Waals surface area contributed by atoms with Crippen LogP contribution >= 0.6 is 0 Å². The van der Waals surface area contributed by atoms with Gasteiger partial charge in [0.25, 0.3) is 0 Å². The van der Waals surface area contributed by atoms with Crippen molar-refractivity contribution in [2.24, 2.45) is 0 Å². The van der Waals surface area contributed by atoms with Gasteiger partial charge >= 0.3 is 23.9 Å². The molecule has 0 aromatic heterocycles. The third-order valence-electron chi connectivity index (χ3n) is 5.12. The zero-order chi connectivity index (χ0) is 23.4. The minimum absolute atomic E-state index is 0.167. The van der Waals surface area contributed by atoms with Crippen LogP contribution < -0.4 is 9.47 Å². The molecule has 2 aromatic carbocycles. The van der Waals surface area contributed by atoms with Crippen LogP contribution in [0.1, 0.15) is 67.1 Å². The van der Waals surface area contributed by atoms with Crippen molar-refractivity contribution in [1.82, 2.24) is 0 Å². The van der Waals surface area contributed by atoms with Crippen LogP contribution in [-0.4, -0.2) is 56.5 Å². The molecular weight excluding hydrogens is 424 g/mol. The first-order valence-electron chi connectivity index (χ1n) is 9.72. The van der Waals surface area contributed by atoms with Gasteiger partial charge in [0, 0.05) is 0 Å². The SMILES string of the molecule is O=C(O)c1ccc(OC2CCCCC2Oc2ccc(C(=O)O)c(C(=O)O)c2)cc1C(=O)O. The average molecular weight is 444 g/mol. The maximum atomic E-state index is 11.4. The number of carbonyl (C=O) groups is 4. The third-order valence-corrected chi connectivity index (χ3v) is 5.12. The average Bonchev–Trinajstić information content (AvgIpc) is 2.74. The minimum Gasteiger partial charge on any atom is -0.487 e. The number of carboxylic acids is 4. The fraction of sp³-hybridized carbons (Fsp3) is 0.273. The molecule has 0 aliphatic heterocycles. The molecule has 2 atom stereocenters. The molecule has 0 saturated heterocycles. The van der Waals surface area contributed by atoms with Crippen LogP contribution in [0.25, 0.3) is 0 Å². The van der Waals surface area contributed by atoms with Gasteiger partial charge in [-0.2, -0.15) is 0 Å². The van der Waals surface area contributed by atoms with Crippen molar-refractivity contribution in [1.29, 1.82) is 0 Å². The second kappa shape index (κ2) is 9.38. The summed E-state index contributed by atoms with van der Waals surface area (Å²) in [5.41, 5.74) is -1.53. The lowest BCUT2D eigenvalue weighted by Crippen LogP contribution is -2.39. The molecule has 10 heteroatoms. The lowest BCUT2D eigenvalue weighted by Gasteiger charge is -2.32. The van der Waals surface area contributed by atoms with Gasteiger partial charge in [0.15, 0.2) is 0 Å². The molecule has 168 valence electrons. The highest BCUT2D eigenvalue weighted by molar-refractivity contribution is 6.02. The quantitative estimate of drug-likeness (QED) is 0.474. The number of hydrogen-bond acceptors (Lipinski definition) is 6. The van der Waals surface area contributed by atoms with Crippen LogP contribution in [0.15, 0.2) is 36.4 Å². The van der Waals surface area contributed by atoms with Gasteiger partial charge in [0.05, 0.1) is 22.3 Å². The van der Waals surface area contributed by atoms with Gasteiger partial charge in [0.2, 0.25) is 0 Å². The monoisotopic (exact) mass is 444 g/mol. The zero-order valence-corrected chi connectivity index (χ0v) is 16.7. The predicted molar refractivity (Wildman–Crippen MR) is 108 cm³/mol. The first-order chi connectivity index (χ1) is 15.2. The van der Waals surface area contributed by atoms with Crippen molar-refractivity contribution in [2.75, 3.05) is 0 Å². The first-order valence-corrected chi connectivity index (χ1v) is 9.72. The van der Waals surface area contributed by atoms with Gasteiger partial charge in [-0.05, 0) is 62.1 Å². The van der Waals surface area contributed by atoms with Gasteiger partial charge in [-0.25, -0.2) is 19.2 Å². The van der Waals surface area contributed by atoms with Crippen molar-refractivity contribution in [3.05, 3.63) is 58.7 Å². The molecule has 1 fully saturated rings. The number of benzene rings is 2. The summed E-state index contributed by atoms with van der Waals surface area (Å²) in [5.74, 6) is -5.20. The Kier molecular flexibility index (Phi) is 6.62. The van der Waals surface area contributed by atoms with E-state index < -0.39 is 47.2 Å². The summed E-state index contributed by atoms with van der Waals surface area (Å²) in [6.07, 6.45) is 1.78. The Balaban J connectivity index is 1.83. The Morgan fingerprint density at radius 2 is 0.938 bits per heavy atom. The Labute approximate surface area is 181 Å². The normalized spacial score (nSPS) is 17.9. The van der Waals surface area contributed by atoms with E-state index in [4.69, 9.17) is 19.7 Å². The topological polar surface area (TPSA) is 168 Å². The summed E-state index contributed by atoms with van der Waals surface area (Å²) in [6, 6.07) is 7.33. The largest absolute Gasteiger partial charge is 0.487 e. The third kappa shape index (κ3) is 4.97. The lowest BCUT2D eigenvalue weighted by molar-refractivity contribution is 0.0229. The van der Waals surface area contributed by atoms with E-state index in [1.807, 2.05) is 0 Å². The number of ether oxygens (including phenoxy) is 2. The summed E-state index contributed by atoms with van der Waals surface area (Å²) in [5, 5.41) is 36.9. The van der Waals surface area contributed by atoms with Gasteiger partial charge in [-0.15, -0.1) is 0 Å². The smallest absolute Gasteiger partial charge is 0.336 e. The van der Waals surface area contributed by atoms with E-state index in [9.17, 15) is 29.4 Å². The van der Waals surface area contributed by atoms with Crippen LogP contribution in [0, 0.1) is 0 Å². The van der Waals surface area contributed by atoms with E-state index in [2.05, 4.69) is 0 Å². The van der Waals surface area contributed by atoms with E-state index in [1.54, 1.807) is 0 Å². The molecule has 0 heterocycles. The predicted octanol–water partition coefficient (Wildman–Crippen LogP) is 3.25. The van der Waals surface area contributed by atoms with E-state index in [1.165, 1.54) is 12.1 Å². The highest BCUT2D eigenvalue weighted by Crippen LogP contribution is 2.29. The minimum atomic E-state index is -1.40. The van der Waals surface area contributed by atoms with Gasteiger partial charge in [0.1, 0.15) is 23.7 Å². The van der Waals surface area contributed by atoms with Crippen LogP contribution in [0.3, 0.4) is 0 Å². The first kappa shape index (κ1) is 22.6. The number of hydrogen-bond donors (Lipinski definition) is 4. The molecule has 1 aliphatic rings. The van der Waals surface area contributed by atoms with E-state index in [0.717, 1.165) is 37.1 Å². The molecule has 10 nitrogen and oxygen atoms in total. The number of rotatable bonds is 8. The fourth-order valence-corrected chi connectivity index (χ4v) is 3.60. The second-order valence-electron chi connectivity index (χ2n) is 7.23. The van der Waals surface area contributed by atoms with Crippen LogP contribution in [0.5, 0.6) is 11.5 Å². The van der Waals surface area contributed by atoms with E-state index in [0.29, 0.717) is 12.8 Å². The number of carboxylic acid groups (broad SMARTS) is 4. The van der Waals surface area contributed by atoms with Crippen molar-refractivity contribution >= 4 is 23.9 Å². The molecule has 1 aliphatic carbocycles. The van der Waals surface area contributed by atoms with Crippen molar-refractivity contribution < 1.29 is 49.1 Å². The van der Waals surface area contributed by atoms with E-state index in [-0.39, 0.29) is 22.6 Å². The van der Waals surface area contributed by atoms with Crippen LogP contribution in [0.4, 0.5) is 0 Å². The summed E-state index contributed by atoms with van der Waals surface area (Å²) < 4.78 is 11.8. The Hall–Kier alpha value is -4.08. The maximum Gasteiger partial charge on any atom is 0.336 e. The molecule has 4 N–H and O–H groups in total. The Morgan fingerprint density at radius 3 is 1.25 bits per heavy atom.